The molecule has 2 N–H and O–H groups in total. The van der Waals surface area contributed by atoms with Crippen molar-refractivity contribution < 1.29 is 18.8 Å². The van der Waals surface area contributed by atoms with Crippen LogP contribution in [0.2, 0.25) is 0 Å². The Hall–Kier alpha value is -2.57. The van der Waals surface area contributed by atoms with E-state index in [0.717, 1.165) is 16.2 Å². The third-order valence-electron chi connectivity index (χ3n) is 4.23. The van der Waals surface area contributed by atoms with Gasteiger partial charge >= 0.3 is 0 Å². The summed E-state index contributed by atoms with van der Waals surface area (Å²) in [5.41, 5.74) is 0.644. The minimum Gasteiger partial charge on any atom is -0.467 e. The minimum absolute atomic E-state index is 0.0186. The number of thioether (sulfide) groups is 2. The Bertz CT molecular complexity index is 1060. The van der Waals surface area contributed by atoms with Gasteiger partial charge in [-0.1, -0.05) is 39.5 Å². The minimum atomic E-state index is -0.643. The van der Waals surface area contributed by atoms with Crippen LogP contribution >= 0.6 is 39.5 Å². The van der Waals surface area contributed by atoms with Gasteiger partial charge in [0.15, 0.2) is 10.3 Å². The van der Waals surface area contributed by atoms with Crippen LogP contribution in [0.25, 0.3) is 0 Å². The molecule has 2 saturated heterocycles. The fraction of sp³-hybridized carbons (Fsp3) is 0.211. The summed E-state index contributed by atoms with van der Waals surface area (Å²) in [7, 11) is 0. The molecule has 0 bridgehead atoms. The molecule has 1 atom stereocenters. The summed E-state index contributed by atoms with van der Waals surface area (Å²) in [5, 5.41) is 13.7. The molecular weight excluding hydrogens is 506 g/mol. The maximum atomic E-state index is 13.0. The van der Waals surface area contributed by atoms with Crippen LogP contribution in [0, 0.1) is 0 Å². The Morgan fingerprint density at radius 2 is 2.06 bits per heavy atom. The molecule has 12 heteroatoms. The SMILES string of the molecule is O=C1CSC(=N/N=C2\S[C@H](CC(=O)Nc3ccc(Br)cc3)C(=O)N2Cc2ccco2)N1. The number of amidine groups is 2. The lowest BCUT2D eigenvalue weighted by Gasteiger charge is -2.14. The lowest BCUT2D eigenvalue weighted by Crippen LogP contribution is -2.33. The fourth-order valence-electron chi connectivity index (χ4n) is 2.80. The number of rotatable bonds is 6. The van der Waals surface area contributed by atoms with E-state index in [-0.39, 0.29) is 36.4 Å². The lowest BCUT2D eigenvalue weighted by atomic mass is 10.2. The van der Waals surface area contributed by atoms with E-state index >= 15 is 0 Å². The number of furan rings is 1. The van der Waals surface area contributed by atoms with Crippen molar-refractivity contribution in [3.05, 3.63) is 52.9 Å². The molecule has 0 aliphatic carbocycles. The topological polar surface area (TPSA) is 116 Å². The quantitative estimate of drug-likeness (QED) is 0.564. The van der Waals surface area contributed by atoms with E-state index in [1.54, 1.807) is 24.3 Å². The van der Waals surface area contributed by atoms with Gasteiger partial charge in [0, 0.05) is 16.6 Å². The van der Waals surface area contributed by atoms with E-state index in [1.807, 2.05) is 12.1 Å². The first-order valence-corrected chi connectivity index (χ1v) is 11.8. The molecule has 2 aliphatic rings. The number of benzene rings is 1. The second-order valence-electron chi connectivity index (χ2n) is 6.49. The van der Waals surface area contributed by atoms with E-state index in [2.05, 4.69) is 36.8 Å². The number of carbonyl (C=O) groups is 3. The molecule has 0 radical (unpaired) electrons. The zero-order chi connectivity index (χ0) is 21.8. The predicted octanol–water partition coefficient (Wildman–Crippen LogP) is 3.00. The fourth-order valence-corrected chi connectivity index (χ4v) is 4.78. The van der Waals surface area contributed by atoms with Gasteiger partial charge in [0.05, 0.1) is 18.6 Å². The molecule has 3 heterocycles. The standard InChI is InChI=1S/C19H16BrN5O4S2/c20-11-3-5-12(6-4-11)21-15(26)8-14-17(28)25(9-13-2-1-7-29-13)19(31-14)24-23-18-22-16(27)10-30-18/h1-7,14H,8-10H2,(H,21,26)(H,22,23,27)/b24-19-/t14-/m1/s1. The average Bonchev–Trinajstić information content (AvgIpc) is 3.46. The van der Waals surface area contributed by atoms with Crippen LogP contribution in [0.3, 0.4) is 0 Å². The Balaban J connectivity index is 1.48. The molecule has 2 fully saturated rings. The van der Waals surface area contributed by atoms with Crippen LogP contribution in [0.4, 0.5) is 5.69 Å². The first-order chi connectivity index (χ1) is 15.0. The summed E-state index contributed by atoms with van der Waals surface area (Å²) in [5.74, 6) is 0.184. The lowest BCUT2D eigenvalue weighted by molar-refractivity contribution is -0.128. The van der Waals surface area contributed by atoms with E-state index < -0.39 is 5.25 Å². The van der Waals surface area contributed by atoms with Gasteiger partial charge in [-0.2, -0.15) is 0 Å². The molecule has 4 rings (SSSR count). The average molecular weight is 522 g/mol. The smallest absolute Gasteiger partial charge is 0.243 e. The van der Waals surface area contributed by atoms with Gasteiger partial charge < -0.3 is 15.1 Å². The Morgan fingerprint density at radius 1 is 1.26 bits per heavy atom. The zero-order valence-electron chi connectivity index (χ0n) is 15.9. The Labute approximate surface area is 194 Å². The second-order valence-corrected chi connectivity index (χ2v) is 9.54. The van der Waals surface area contributed by atoms with Gasteiger partial charge in [0.2, 0.25) is 17.7 Å². The Morgan fingerprint density at radius 3 is 2.74 bits per heavy atom. The van der Waals surface area contributed by atoms with Crippen LogP contribution in [0.15, 0.2) is 61.8 Å². The van der Waals surface area contributed by atoms with Gasteiger partial charge in [-0.05, 0) is 36.4 Å². The van der Waals surface area contributed by atoms with Crippen molar-refractivity contribution in [2.45, 2.75) is 18.2 Å². The third kappa shape index (κ3) is 5.57. The van der Waals surface area contributed by atoms with Crippen LogP contribution < -0.4 is 10.6 Å². The number of hydrogen-bond acceptors (Lipinski definition) is 8. The largest absolute Gasteiger partial charge is 0.467 e. The monoisotopic (exact) mass is 521 g/mol. The van der Waals surface area contributed by atoms with Gasteiger partial charge in [-0.15, -0.1) is 10.2 Å². The molecule has 2 aliphatic heterocycles. The highest BCUT2D eigenvalue weighted by molar-refractivity contribution is 9.10. The predicted molar refractivity (Wildman–Crippen MR) is 123 cm³/mol. The molecule has 1 aromatic carbocycles. The maximum absolute atomic E-state index is 13.0. The highest BCUT2D eigenvalue weighted by atomic mass is 79.9. The van der Waals surface area contributed by atoms with E-state index in [1.165, 1.54) is 22.9 Å². The van der Waals surface area contributed by atoms with E-state index in [4.69, 9.17) is 4.42 Å². The zero-order valence-corrected chi connectivity index (χ0v) is 19.1. The molecular formula is C19H16BrN5O4S2. The van der Waals surface area contributed by atoms with Gasteiger partial charge in [0.25, 0.3) is 0 Å². The molecule has 160 valence electrons. The third-order valence-corrected chi connectivity index (χ3v) is 6.78. The summed E-state index contributed by atoms with van der Waals surface area (Å²) in [6.45, 7) is 0.173. The van der Waals surface area contributed by atoms with Crippen molar-refractivity contribution in [1.82, 2.24) is 10.2 Å². The number of halogens is 1. The summed E-state index contributed by atoms with van der Waals surface area (Å²) in [6, 6.07) is 10.7. The highest BCUT2D eigenvalue weighted by Crippen LogP contribution is 2.31. The molecule has 3 amide bonds. The normalized spacial score (nSPS) is 21.2. The van der Waals surface area contributed by atoms with Crippen LogP contribution in [-0.4, -0.2) is 44.0 Å². The van der Waals surface area contributed by atoms with Crippen molar-refractivity contribution in [2.75, 3.05) is 11.1 Å². The highest BCUT2D eigenvalue weighted by Gasteiger charge is 2.40. The van der Waals surface area contributed by atoms with Gasteiger partial charge in [-0.25, -0.2) is 0 Å². The number of nitrogens with one attached hydrogen (secondary N) is 2. The molecule has 0 unspecified atom stereocenters. The second kappa shape index (κ2) is 9.71. The van der Waals surface area contributed by atoms with Crippen LogP contribution in [0.5, 0.6) is 0 Å². The number of hydrogen-bond donors (Lipinski definition) is 2. The maximum Gasteiger partial charge on any atom is 0.243 e. The van der Waals surface area contributed by atoms with E-state index in [9.17, 15) is 14.4 Å². The Kier molecular flexibility index (Phi) is 6.78. The van der Waals surface area contributed by atoms with Crippen molar-refractivity contribution in [1.29, 1.82) is 0 Å². The molecule has 2 aromatic rings. The van der Waals surface area contributed by atoms with E-state index in [0.29, 0.717) is 21.8 Å². The summed E-state index contributed by atoms with van der Waals surface area (Å²) >= 11 is 5.75. The van der Waals surface area contributed by atoms with Gasteiger partial charge in [-0.3, -0.25) is 19.3 Å². The van der Waals surface area contributed by atoms with Crippen LogP contribution in [-0.2, 0) is 20.9 Å². The molecule has 1 aromatic heterocycles. The van der Waals surface area contributed by atoms with Gasteiger partial charge in [0.1, 0.15) is 11.0 Å². The van der Waals surface area contributed by atoms with Crippen molar-refractivity contribution in [2.24, 2.45) is 10.2 Å². The van der Waals surface area contributed by atoms with Crippen molar-refractivity contribution in [3.8, 4) is 0 Å². The number of nitrogens with zero attached hydrogens (tertiary/aromatic N) is 3. The molecule has 9 nitrogen and oxygen atoms in total. The number of carbonyl (C=O) groups excluding carboxylic acids is 3. The number of amides is 3. The first-order valence-electron chi connectivity index (χ1n) is 9.12. The summed E-state index contributed by atoms with van der Waals surface area (Å²) in [4.78, 5) is 38.3. The molecule has 0 spiro atoms. The summed E-state index contributed by atoms with van der Waals surface area (Å²) in [6.07, 6.45) is 1.50. The van der Waals surface area contributed by atoms with Crippen LogP contribution in [0.1, 0.15) is 12.2 Å². The first kappa shape index (κ1) is 21.7. The molecule has 0 saturated carbocycles. The molecule has 31 heavy (non-hydrogen) atoms. The van der Waals surface area contributed by atoms with Crippen molar-refractivity contribution >= 4 is 73.2 Å². The summed E-state index contributed by atoms with van der Waals surface area (Å²) < 4.78 is 6.25. The van der Waals surface area contributed by atoms with Crippen molar-refractivity contribution in [3.63, 3.8) is 0 Å². The number of anilines is 1.